The topological polar surface area (TPSA) is 78.4 Å². The number of urea groups is 1. The minimum Gasteiger partial charge on any atom is -0.481 e. The molecule has 2 amide bonds. The van der Waals surface area contributed by atoms with Crippen LogP contribution >= 0.6 is 15.9 Å². The van der Waals surface area contributed by atoms with Gasteiger partial charge in [-0.1, -0.05) is 13.0 Å². The highest BCUT2D eigenvalue weighted by atomic mass is 79.9. The van der Waals surface area contributed by atoms with Crippen LogP contribution in [0, 0.1) is 19.8 Å². The van der Waals surface area contributed by atoms with Gasteiger partial charge in [0.05, 0.1) is 5.69 Å². The van der Waals surface area contributed by atoms with Crippen molar-refractivity contribution in [2.75, 3.05) is 11.9 Å². The molecular formula is C14H19BrN2O3. The number of rotatable bonds is 5. The zero-order chi connectivity index (χ0) is 15.3. The molecule has 0 bridgehead atoms. The summed E-state index contributed by atoms with van der Waals surface area (Å²) in [6.45, 7) is 6.00. The maximum absolute atomic E-state index is 11.8. The van der Waals surface area contributed by atoms with Gasteiger partial charge in [-0.2, -0.15) is 0 Å². The van der Waals surface area contributed by atoms with E-state index in [0.717, 1.165) is 21.3 Å². The molecule has 0 saturated heterocycles. The zero-order valence-electron chi connectivity index (χ0n) is 11.8. The molecule has 20 heavy (non-hydrogen) atoms. The summed E-state index contributed by atoms with van der Waals surface area (Å²) in [5.74, 6) is -0.974. The first kappa shape index (κ1) is 16.5. The van der Waals surface area contributed by atoms with Gasteiger partial charge in [0.25, 0.3) is 0 Å². The molecule has 6 heteroatoms. The summed E-state index contributed by atoms with van der Waals surface area (Å²) in [7, 11) is 0. The number of anilines is 1. The Balaban J connectivity index is 2.57. The number of carboxylic acid groups (broad SMARTS) is 1. The molecule has 1 aromatic rings. The number of aliphatic carboxylic acids is 1. The Bertz CT molecular complexity index is 494. The van der Waals surface area contributed by atoms with E-state index in [1.807, 2.05) is 26.0 Å². The molecule has 1 rings (SSSR count). The van der Waals surface area contributed by atoms with Crippen LogP contribution in [0.15, 0.2) is 16.6 Å². The van der Waals surface area contributed by atoms with Crippen LogP contribution in [-0.4, -0.2) is 23.7 Å². The van der Waals surface area contributed by atoms with Crippen LogP contribution in [0.3, 0.4) is 0 Å². The van der Waals surface area contributed by atoms with E-state index < -0.39 is 5.97 Å². The third-order valence-corrected chi connectivity index (χ3v) is 3.43. The second-order valence-electron chi connectivity index (χ2n) is 4.98. The monoisotopic (exact) mass is 342 g/mol. The summed E-state index contributed by atoms with van der Waals surface area (Å²) in [6.07, 6.45) is 0.0353. The highest BCUT2D eigenvalue weighted by Gasteiger charge is 2.11. The lowest BCUT2D eigenvalue weighted by molar-refractivity contribution is -0.137. The van der Waals surface area contributed by atoms with Gasteiger partial charge in [0.15, 0.2) is 0 Å². The molecule has 0 saturated carbocycles. The van der Waals surface area contributed by atoms with Crippen molar-refractivity contribution in [1.29, 1.82) is 0 Å². The van der Waals surface area contributed by atoms with Crippen LogP contribution in [0.1, 0.15) is 24.5 Å². The number of nitrogens with one attached hydrogen (secondary N) is 2. The highest BCUT2D eigenvalue weighted by molar-refractivity contribution is 9.10. The predicted octanol–water partition coefficient (Wildman–Crippen LogP) is 3.30. The normalized spacial score (nSPS) is 11.8. The highest BCUT2D eigenvalue weighted by Crippen LogP contribution is 2.27. The fourth-order valence-corrected chi connectivity index (χ4v) is 2.64. The molecule has 0 aliphatic carbocycles. The van der Waals surface area contributed by atoms with Crippen molar-refractivity contribution in [3.63, 3.8) is 0 Å². The maximum atomic E-state index is 11.8. The summed E-state index contributed by atoms with van der Waals surface area (Å²) < 4.78 is 0.823. The van der Waals surface area contributed by atoms with Crippen LogP contribution in [-0.2, 0) is 4.79 Å². The van der Waals surface area contributed by atoms with Gasteiger partial charge >= 0.3 is 12.0 Å². The van der Waals surface area contributed by atoms with Gasteiger partial charge in [0.1, 0.15) is 0 Å². The average Bonchev–Trinajstić information content (AvgIpc) is 2.30. The number of aryl methyl sites for hydroxylation is 2. The van der Waals surface area contributed by atoms with Crippen molar-refractivity contribution in [3.8, 4) is 0 Å². The van der Waals surface area contributed by atoms with Gasteiger partial charge < -0.3 is 15.7 Å². The summed E-state index contributed by atoms with van der Waals surface area (Å²) in [6, 6.07) is 3.57. The van der Waals surface area contributed by atoms with Crippen molar-refractivity contribution in [2.45, 2.75) is 27.2 Å². The average molecular weight is 343 g/mol. The number of benzene rings is 1. The summed E-state index contributed by atoms with van der Waals surface area (Å²) in [4.78, 5) is 22.3. The lowest BCUT2D eigenvalue weighted by Gasteiger charge is -2.14. The molecule has 0 spiro atoms. The quantitative estimate of drug-likeness (QED) is 0.768. The van der Waals surface area contributed by atoms with Crippen LogP contribution in [0.25, 0.3) is 0 Å². The third-order valence-electron chi connectivity index (χ3n) is 2.80. The molecule has 0 aliphatic heterocycles. The molecule has 0 fully saturated rings. The zero-order valence-corrected chi connectivity index (χ0v) is 13.4. The van der Waals surface area contributed by atoms with Gasteiger partial charge in [0, 0.05) is 17.4 Å². The fraction of sp³-hybridized carbons (Fsp3) is 0.429. The van der Waals surface area contributed by atoms with Gasteiger partial charge in [-0.3, -0.25) is 4.79 Å². The van der Waals surface area contributed by atoms with Gasteiger partial charge in [-0.05, 0) is 52.9 Å². The summed E-state index contributed by atoms with van der Waals surface area (Å²) >= 11 is 3.42. The van der Waals surface area contributed by atoms with E-state index in [1.165, 1.54) is 0 Å². The standard InChI is InChI=1S/C14H19BrN2O3/c1-8-4-10(3)13(11(15)5-8)17-14(20)16-7-9(2)6-12(18)19/h4-5,9H,6-7H2,1-3H3,(H,18,19)(H2,16,17,20). The molecule has 1 unspecified atom stereocenters. The number of halogens is 1. The number of amides is 2. The van der Waals surface area contributed by atoms with Crippen LogP contribution in [0.2, 0.25) is 0 Å². The number of carboxylic acids is 1. The van der Waals surface area contributed by atoms with Crippen molar-refractivity contribution in [3.05, 3.63) is 27.7 Å². The molecule has 5 nitrogen and oxygen atoms in total. The third kappa shape index (κ3) is 5.21. The van der Waals surface area contributed by atoms with E-state index >= 15 is 0 Å². The molecule has 110 valence electrons. The van der Waals surface area contributed by atoms with E-state index in [1.54, 1.807) is 6.92 Å². The first-order valence-electron chi connectivity index (χ1n) is 6.33. The van der Waals surface area contributed by atoms with E-state index in [-0.39, 0.29) is 18.4 Å². The first-order chi connectivity index (χ1) is 9.29. The number of hydrogen-bond acceptors (Lipinski definition) is 2. The SMILES string of the molecule is Cc1cc(C)c(NC(=O)NCC(C)CC(=O)O)c(Br)c1. The Labute approximate surface area is 126 Å². The number of hydrogen-bond donors (Lipinski definition) is 3. The van der Waals surface area contributed by atoms with Crippen LogP contribution in [0.4, 0.5) is 10.5 Å². The van der Waals surface area contributed by atoms with Crippen LogP contribution in [0.5, 0.6) is 0 Å². The number of carbonyl (C=O) groups excluding carboxylic acids is 1. The fourth-order valence-electron chi connectivity index (χ4n) is 1.87. The van der Waals surface area contributed by atoms with Crippen molar-refractivity contribution < 1.29 is 14.7 Å². The Morgan fingerprint density at radius 1 is 1.35 bits per heavy atom. The van der Waals surface area contributed by atoms with Gasteiger partial charge in [-0.25, -0.2) is 4.79 Å². The lowest BCUT2D eigenvalue weighted by atomic mass is 10.1. The summed E-state index contributed by atoms with van der Waals surface area (Å²) in [5, 5.41) is 14.1. The van der Waals surface area contributed by atoms with Crippen LogP contribution < -0.4 is 10.6 Å². The van der Waals surface area contributed by atoms with Gasteiger partial charge in [0.2, 0.25) is 0 Å². The second kappa shape index (κ2) is 7.28. The van der Waals surface area contributed by atoms with Gasteiger partial charge in [-0.15, -0.1) is 0 Å². The maximum Gasteiger partial charge on any atom is 0.319 e. The molecule has 0 heterocycles. The Morgan fingerprint density at radius 2 is 2.00 bits per heavy atom. The van der Waals surface area contributed by atoms with E-state index in [4.69, 9.17) is 5.11 Å². The molecule has 1 aromatic carbocycles. The summed E-state index contributed by atoms with van der Waals surface area (Å²) in [5.41, 5.74) is 2.79. The minimum atomic E-state index is -0.864. The molecule has 0 aromatic heterocycles. The Hall–Kier alpha value is -1.56. The van der Waals surface area contributed by atoms with E-state index in [2.05, 4.69) is 26.6 Å². The molecule has 1 atom stereocenters. The molecule has 0 aliphatic rings. The van der Waals surface area contributed by atoms with Crippen molar-refractivity contribution in [1.82, 2.24) is 5.32 Å². The minimum absolute atomic E-state index is 0.0353. The molecule has 0 radical (unpaired) electrons. The van der Waals surface area contributed by atoms with E-state index in [9.17, 15) is 9.59 Å². The Morgan fingerprint density at radius 3 is 2.55 bits per heavy atom. The Kier molecular flexibility index (Phi) is 6.01. The van der Waals surface area contributed by atoms with Crippen molar-refractivity contribution >= 4 is 33.6 Å². The smallest absolute Gasteiger partial charge is 0.319 e. The largest absolute Gasteiger partial charge is 0.481 e. The molecular weight excluding hydrogens is 324 g/mol. The second-order valence-corrected chi connectivity index (χ2v) is 5.83. The first-order valence-corrected chi connectivity index (χ1v) is 7.12. The predicted molar refractivity (Wildman–Crippen MR) is 82.1 cm³/mol. The lowest BCUT2D eigenvalue weighted by Crippen LogP contribution is -2.33. The van der Waals surface area contributed by atoms with E-state index in [0.29, 0.717) is 6.54 Å². The van der Waals surface area contributed by atoms with Crippen molar-refractivity contribution in [2.24, 2.45) is 5.92 Å². The molecule has 3 N–H and O–H groups in total. The number of carbonyl (C=O) groups is 2.